The summed E-state index contributed by atoms with van der Waals surface area (Å²) >= 11 is 3.47. The molecule has 0 saturated heterocycles. The molecule has 0 atom stereocenters. The summed E-state index contributed by atoms with van der Waals surface area (Å²) in [5, 5.41) is 11.9. The Balaban J connectivity index is 2.03. The largest absolute Gasteiger partial charge is 0.493 e. The Morgan fingerprint density at radius 3 is 2.89 bits per heavy atom. The van der Waals surface area contributed by atoms with Gasteiger partial charge in [0.05, 0.1) is 12.7 Å². The van der Waals surface area contributed by atoms with Crippen LogP contribution in [0.3, 0.4) is 0 Å². The van der Waals surface area contributed by atoms with E-state index in [9.17, 15) is 0 Å². The lowest BCUT2D eigenvalue weighted by Gasteiger charge is -2.16. The van der Waals surface area contributed by atoms with Gasteiger partial charge in [0, 0.05) is 28.4 Å². The second-order valence-electron chi connectivity index (χ2n) is 4.91. The summed E-state index contributed by atoms with van der Waals surface area (Å²) in [7, 11) is 1.92. The number of benzene rings is 1. The first-order valence-electron chi connectivity index (χ1n) is 6.12. The van der Waals surface area contributed by atoms with Crippen LogP contribution in [-0.4, -0.2) is 13.7 Å². The first kappa shape index (κ1) is 13.4. The molecule has 1 fully saturated rings. The van der Waals surface area contributed by atoms with Gasteiger partial charge in [0.2, 0.25) is 0 Å². The molecular weight excluding hydrogens is 292 g/mol. The Kier molecular flexibility index (Phi) is 4.26. The van der Waals surface area contributed by atoms with Crippen molar-refractivity contribution in [2.24, 2.45) is 5.41 Å². The van der Waals surface area contributed by atoms with Gasteiger partial charge >= 0.3 is 0 Å². The zero-order valence-electron chi connectivity index (χ0n) is 10.5. The summed E-state index contributed by atoms with van der Waals surface area (Å²) in [6, 6.07) is 8.29. The molecule has 3 nitrogen and oxygen atoms in total. The number of nitriles is 1. The van der Waals surface area contributed by atoms with Crippen molar-refractivity contribution in [1.82, 2.24) is 5.32 Å². The van der Waals surface area contributed by atoms with Crippen molar-refractivity contribution in [2.75, 3.05) is 13.7 Å². The number of ether oxygens (including phenoxy) is 1. The molecule has 4 heteroatoms. The Hall–Kier alpha value is -1.05. The minimum absolute atomic E-state index is 0.124. The maximum atomic E-state index is 8.79. The highest BCUT2D eigenvalue weighted by atomic mass is 79.9. The summed E-state index contributed by atoms with van der Waals surface area (Å²) < 4.78 is 6.97. The third kappa shape index (κ3) is 3.24. The first-order valence-corrected chi connectivity index (χ1v) is 6.91. The third-order valence-electron chi connectivity index (χ3n) is 3.33. The monoisotopic (exact) mass is 308 g/mol. The van der Waals surface area contributed by atoms with E-state index in [2.05, 4.69) is 33.4 Å². The maximum Gasteiger partial charge on any atom is 0.123 e. The van der Waals surface area contributed by atoms with Gasteiger partial charge in [0.15, 0.2) is 0 Å². The van der Waals surface area contributed by atoms with Crippen molar-refractivity contribution >= 4 is 15.9 Å². The number of nitrogens with one attached hydrogen (secondary N) is 1. The minimum atomic E-state index is 0.124. The molecule has 1 aromatic carbocycles. The number of hydrogen-bond donors (Lipinski definition) is 1. The Morgan fingerprint density at radius 1 is 1.50 bits per heavy atom. The second kappa shape index (κ2) is 5.73. The van der Waals surface area contributed by atoms with Gasteiger partial charge in [-0.1, -0.05) is 15.9 Å². The van der Waals surface area contributed by atoms with Crippen LogP contribution in [0.4, 0.5) is 0 Å². The van der Waals surface area contributed by atoms with Crippen molar-refractivity contribution in [1.29, 1.82) is 5.26 Å². The SMILES string of the molecule is CNCc1cc(Br)ccc1OCC1(CC#N)CC1. The number of rotatable bonds is 6. The Labute approximate surface area is 116 Å². The molecule has 2 rings (SSSR count). The molecule has 1 aromatic rings. The predicted molar refractivity (Wildman–Crippen MR) is 74.3 cm³/mol. The Morgan fingerprint density at radius 2 is 2.28 bits per heavy atom. The molecule has 1 N–H and O–H groups in total. The Bertz CT molecular complexity index is 463. The number of halogens is 1. The van der Waals surface area contributed by atoms with E-state index in [1.165, 1.54) is 0 Å². The smallest absolute Gasteiger partial charge is 0.123 e. The van der Waals surface area contributed by atoms with E-state index >= 15 is 0 Å². The van der Waals surface area contributed by atoms with Gasteiger partial charge < -0.3 is 10.1 Å². The average Bonchev–Trinajstić information content (AvgIpc) is 3.09. The summed E-state index contributed by atoms with van der Waals surface area (Å²) in [5.41, 5.74) is 1.26. The molecule has 96 valence electrons. The van der Waals surface area contributed by atoms with Crippen molar-refractivity contribution in [3.05, 3.63) is 28.2 Å². The highest BCUT2D eigenvalue weighted by Crippen LogP contribution is 2.48. The quantitative estimate of drug-likeness (QED) is 0.877. The molecule has 0 radical (unpaired) electrons. The molecule has 0 aromatic heterocycles. The van der Waals surface area contributed by atoms with Gasteiger partial charge in [0.25, 0.3) is 0 Å². The zero-order valence-corrected chi connectivity index (χ0v) is 12.1. The molecule has 1 aliphatic rings. The van der Waals surface area contributed by atoms with E-state index in [1.807, 2.05) is 19.2 Å². The number of hydrogen-bond acceptors (Lipinski definition) is 3. The molecular formula is C14H17BrN2O. The normalized spacial score (nSPS) is 16.1. The van der Waals surface area contributed by atoms with Gasteiger partial charge in [-0.25, -0.2) is 0 Å². The lowest BCUT2D eigenvalue weighted by atomic mass is 10.1. The highest BCUT2D eigenvalue weighted by molar-refractivity contribution is 9.10. The second-order valence-corrected chi connectivity index (χ2v) is 5.82. The fraction of sp³-hybridized carbons (Fsp3) is 0.500. The lowest BCUT2D eigenvalue weighted by Crippen LogP contribution is -2.14. The molecule has 1 aliphatic carbocycles. The van der Waals surface area contributed by atoms with E-state index in [1.54, 1.807) is 0 Å². The van der Waals surface area contributed by atoms with Crippen LogP contribution >= 0.6 is 15.9 Å². The van der Waals surface area contributed by atoms with E-state index in [0.29, 0.717) is 13.0 Å². The van der Waals surface area contributed by atoms with Crippen LogP contribution in [0.1, 0.15) is 24.8 Å². The van der Waals surface area contributed by atoms with Gasteiger partial charge in [-0.05, 0) is 38.1 Å². The van der Waals surface area contributed by atoms with Crippen molar-refractivity contribution in [3.63, 3.8) is 0 Å². The average molecular weight is 309 g/mol. The third-order valence-corrected chi connectivity index (χ3v) is 3.83. The van der Waals surface area contributed by atoms with E-state index in [-0.39, 0.29) is 5.41 Å². The summed E-state index contributed by atoms with van der Waals surface area (Å²) in [6.07, 6.45) is 2.82. The molecule has 0 unspecified atom stereocenters. The maximum absolute atomic E-state index is 8.79. The van der Waals surface area contributed by atoms with E-state index in [0.717, 1.165) is 35.2 Å². The van der Waals surface area contributed by atoms with Crippen LogP contribution in [0.5, 0.6) is 5.75 Å². The van der Waals surface area contributed by atoms with Crippen LogP contribution in [0.25, 0.3) is 0 Å². The van der Waals surface area contributed by atoms with Crippen LogP contribution in [-0.2, 0) is 6.54 Å². The van der Waals surface area contributed by atoms with Crippen molar-refractivity contribution < 1.29 is 4.74 Å². The minimum Gasteiger partial charge on any atom is -0.493 e. The molecule has 1 saturated carbocycles. The van der Waals surface area contributed by atoms with Gasteiger partial charge in [-0.15, -0.1) is 0 Å². The van der Waals surface area contributed by atoms with Crippen molar-refractivity contribution in [3.8, 4) is 11.8 Å². The lowest BCUT2D eigenvalue weighted by molar-refractivity contribution is 0.234. The van der Waals surface area contributed by atoms with Crippen LogP contribution in [0.15, 0.2) is 22.7 Å². The number of nitrogens with zero attached hydrogens (tertiary/aromatic N) is 1. The highest BCUT2D eigenvalue weighted by Gasteiger charge is 2.43. The first-order chi connectivity index (χ1) is 8.69. The fourth-order valence-corrected chi connectivity index (χ4v) is 2.37. The van der Waals surface area contributed by atoms with Crippen LogP contribution in [0, 0.1) is 16.7 Å². The molecule has 0 spiro atoms. The zero-order chi connectivity index (χ0) is 13.0. The van der Waals surface area contributed by atoms with E-state index in [4.69, 9.17) is 10.00 Å². The van der Waals surface area contributed by atoms with Crippen LogP contribution < -0.4 is 10.1 Å². The van der Waals surface area contributed by atoms with Crippen LogP contribution in [0.2, 0.25) is 0 Å². The standard InChI is InChI=1S/C14H17BrN2O/c1-17-9-11-8-12(15)2-3-13(11)18-10-14(4-5-14)6-7-16/h2-3,8,17H,4-6,9-10H2,1H3. The topological polar surface area (TPSA) is 45.0 Å². The van der Waals surface area contributed by atoms with Crippen molar-refractivity contribution in [2.45, 2.75) is 25.8 Å². The van der Waals surface area contributed by atoms with Gasteiger partial charge in [-0.3, -0.25) is 0 Å². The van der Waals surface area contributed by atoms with E-state index < -0.39 is 0 Å². The van der Waals surface area contributed by atoms with Gasteiger partial charge in [0.1, 0.15) is 5.75 Å². The predicted octanol–water partition coefficient (Wildman–Crippen LogP) is 3.24. The molecule has 0 aliphatic heterocycles. The fourth-order valence-electron chi connectivity index (χ4n) is 1.96. The molecule has 0 bridgehead atoms. The molecule has 0 heterocycles. The summed E-state index contributed by atoms with van der Waals surface area (Å²) in [4.78, 5) is 0. The molecule has 18 heavy (non-hydrogen) atoms. The summed E-state index contributed by atoms with van der Waals surface area (Å²) in [6.45, 7) is 1.43. The van der Waals surface area contributed by atoms with Gasteiger partial charge in [-0.2, -0.15) is 5.26 Å². The molecule has 0 amide bonds. The summed E-state index contributed by atoms with van der Waals surface area (Å²) in [5.74, 6) is 0.914.